The first-order chi connectivity index (χ1) is 12.7. The average Bonchev–Trinajstić information content (AvgIpc) is 2.59. The highest BCUT2D eigenvalue weighted by Crippen LogP contribution is 2.25. The Balaban J connectivity index is 2.06. The number of carbonyl (C=O) groups is 2. The van der Waals surface area contributed by atoms with Gasteiger partial charge in [-0.1, -0.05) is 68.8 Å². The smallest absolute Gasteiger partial charge is 0.258 e. The van der Waals surface area contributed by atoms with E-state index in [-0.39, 0.29) is 18.4 Å². The van der Waals surface area contributed by atoms with E-state index >= 15 is 0 Å². The second-order valence-corrected chi connectivity index (χ2v) is 7.69. The van der Waals surface area contributed by atoms with Crippen molar-refractivity contribution in [2.75, 3.05) is 6.61 Å². The minimum atomic E-state index is -1.24. The lowest BCUT2D eigenvalue weighted by Gasteiger charge is -2.23. The molecule has 0 aromatic heterocycles. The highest BCUT2D eigenvalue weighted by atomic mass is 35.5. The van der Waals surface area contributed by atoms with Gasteiger partial charge >= 0.3 is 0 Å². The van der Waals surface area contributed by atoms with Gasteiger partial charge in [0, 0.05) is 12.4 Å². The average molecular weight is 389 g/mol. The minimum Gasteiger partial charge on any atom is -0.550 e. The molecule has 2 rings (SSSR count). The Morgan fingerprint density at radius 1 is 1.11 bits per heavy atom. The van der Waals surface area contributed by atoms with Crippen molar-refractivity contribution in [3.05, 3.63) is 64.7 Å². The van der Waals surface area contributed by atoms with Gasteiger partial charge in [-0.25, -0.2) is 0 Å². The molecule has 0 spiro atoms. The zero-order valence-corrected chi connectivity index (χ0v) is 16.4. The van der Waals surface area contributed by atoms with Gasteiger partial charge in [-0.3, -0.25) is 4.79 Å². The molecule has 5 nitrogen and oxygen atoms in total. The summed E-state index contributed by atoms with van der Waals surface area (Å²) in [7, 11) is 0. The Bertz CT molecular complexity index is 797. The van der Waals surface area contributed by atoms with Crippen molar-refractivity contribution in [2.45, 2.75) is 38.6 Å². The van der Waals surface area contributed by atoms with Crippen LogP contribution in [0.5, 0.6) is 5.75 Å². The van der Waals surface area contributed by atoms with E-state index in [1.807, 2.05) is 24.3 Å². The van der Waals surface area contributed by atoms with Crippen LogP contribution >= 0.6 is 11.6 Å². The number of hydrogen-bond acceptors (Lipinski definition) is 4. The topological polar surface area (TPSA) is 78.5 Å². The maximum absolute atomic E-state index is 12.2. The van der Waals surface area contributed by atoms with Gasteiger partial charge in [-0.05, 0) is 28.7 Å². The van der Waals surface area contributed by atoms with Crippen LogP contribution in [-0.2, 0) is 15.0 Å². The number of hydrogen-bond donors (Lipinski definition) is 1. The standard InChI is InChI=1S/C21H24ClNO4/c1-21(2,3)15-10-8-14(9-11-15)17(12-20(25)26)23-19(24)13-27-18-7-5-4-6-16(18)22/h4-11,17H,12-13H2,1-3H3,(H,23,24)(H,25,26)/p-1/t17-/m1/s1. The lowest BCUT2D eigenvalue weighted by molar-refractivity contribution is -0.306. The molecule has 144 valence electrons. The number of carboxylic acids is 1. The maximum atomic E-state index is 12.2. The van der Waals surface area contributed by atoms with Gasteiger partial charge < -0.3 is 20.0 Å². The lowest BCUT2D eigenvalue weighted by Crippen LogP contribution is -2.36. The van der Waals surface area contributed by atoms with Crippen LogP contribution in [-0.4, -0.2) is 18.5 Å². The fourth-order valence-corrected chi connectivity index (χ4v) is 2.77. The molecule has 1 N–H and O–H groups in total. The predicted octanol–water partition coefficient (Wildman–Crippen LogP) is 3.01. The lowest BCUT2D eigenvalue weighted by atomic mass is 9.86. The van der Waals surface area contributed by atoms with Gasteiger partial charge in [0.2, 0.25) is 0 Å². The number of para-hydroxylation sites is 1. The summed E-state index contributed by atoms with van der Waals surface area (Å²) in [5.74, 6) is -1.30. The van der Waals surface area contributed by atoms with Crippen LogP contribution in [0.15, 0.2) is 48.5 Å². The van der Waals surface area contributed by atoms with Crippen LogP contribution in [0.2, 0.25) is 5.02 Å². The second kappa shape index (κ2) is 8.91. The third-order valence-corrected chi connectivity index (χ3v) is 4.39. The number of amides is 1. The second-order valence-electron chi connectivity index (χ2n) is 7.29. The monoisotopic (exact) mass is 388 g/mol. The van der Waals surface area contributed by atoms with E-state index < -0.39 is 17.9 Å². The molecular weight excluding hydrogens is 366 g/mol. The first-order valence-corrected chi connectivity index (χ1v) is 9.01. The van der Waals surface area contributed by atoms with Crippen LogP contribution in [0.1, 0.15) is 44.4 Å². The Morgan fingerprint density at radius 3 is 2.30 bits per heavy atom. The van der Waals surface area contributed by atoms with E-state index in [1.165, 1.54) is 0 Å². The van der Waals surface area contributed by atoms with Crippen molar-refractivity contribution in [3.63, 3.8) is 0 Å². The number of aliphatic carboxylic acids is 1. The molecule has 1 atom stereocenters. The van der Waals surface area contributed by atoms with Crippen molar-refractivity contribution in [1.29, 1.82) is 0 Å². The largest absolute Gasteiger partial charge is 0.550 e. The highest BCUT2D eigenvalue weighted by Gasteiger charge is 2.18. The van der Waals surface area contributed by atoms with E-state index in [0.717, 1.165) is 5.56 Å². The number of ether oxygens (including phenoxy) is 1. The fraction of sp³-hybridized carbons (Fsp3) is 0.333. The molecule has 0 aliphatic heterocycles. The molecule has 0 aliphatic rings. The number of carbonyl (C=O) groups excluding carboxylic acids is 2. The van der Waals surface area contributed by atoms with E-state index in [9.17, 15) is 14.7 Å². The molecule has 0 saturated heterocycles. The molecule has 0 radical (unpaired) electrons. The number of rotatable bonds is 7. The van der Waals surface area contributed by atoms with Crippen LogP contribution in [0.4, 0.5) is 0 Å². The normalized spacial score (nSPS) is 12.3. The molecule has 0 saturated carbocycles. The summed E-state index contributed by atoms with van der Waals surface area (Å²) in [6.07, 6.45) is -0.327. The fourth-order valence-electron chi connectivity index (χ4n) is 2.58. The Labute approximate surface area is 164 Å². The molecular formula is C21H23ClNO4-. The highest BCUT2D eigenvalue weighted by molar-refractivity contribution is 6.32. The summed E-state index contributed by atoms with van der Waals surface area (Å²) < 4.78 is 5.40. The minimum absolute atomic E-state index is 0.0194. The van der Waals surface area contributed by atoms with Gasteiger partial charge in [0.1, 0.15) is 5.75 Å². The SMILES string of the molecule is CC(C)(C)c1ccc([C@@H](CC(=O)[O-])NC(=O)COc2ccccc2Cl)cc1. The first kappa shape index (κ1) is 20.8. The maximum Gasteiger partial charge on any atom is 0.258 e. The van der Waals surface area contributed by atoms with E-state index in [2.05, 4.69) is 26.1 Å². The van der Waals surface area contributed by atoms with E-state index in [1.54, 1.807) is 24.3 Å². The molecule has 2 aromatic rings. The molecule has 0 heterocycles. The van der Waals surface area contributed by atoms with Gasteiger partial charge in [0.15, 0.2) is 6.61 Å². The van der Waals surface area contributed by atoms with E-state index in [4.69, 9.17) is 16.3 Å². The summed E-state index contributed by atoms with van der Waals surface area (Å²) in [4.78, 5) is 23.3. The quantitative estimate of drug-likeness (QED) is 0.790. The van der Waals surface area contributed by atoms with Crippen LogP contribution < -0.4 is 15.2 Å². The summed E-state index contributed by atoms with van der Waals surface area (Å²) in [5, 5.41) is 14.2. The molecule has 2 aromatic carbocycles. The molecule has 27 heavy (non-hydrogen) atoms. The van der Waals surface area contributed by atoms with Crippen LogP contribution in [0, 0.1) is 0 Å². The van der Waals surface area contributed by atoms with Crippen LogP contribution in [0.25, 0.3) is 0 Å². The third kappa shape index (κ3) is 6.29. The van der Waals surface area contributed by atoms with Crippen molar-refractivity contribution in [1.82, 2.24) is 5.32 Å². The van der Waals surface area contributed by atoms with E-state index in [0.29, 0.717) is 16.3 Å². The molecule has 0 unspecified atom stereocenters. The first-order valence-electron chi connectivity index (χ1n) is 8.64. The molecule has 1 amide bonds. The van der Waals surface area contributed by atoms with Gasteiger partial charge in [-0.15, -0.1) is 0 Å². The Kier molecular flexibility index (Phi) is 6.86. The van der Waals surface area contributed by atoms with Crippen molar-refractivity contribution < 1.29 is 19.4 Å². The van der Waals surface area contributed by atoms with Gasteiger partial charge in [0.05, 0.1) is 11.1 Å². The molecule has 0 aliphatic carbocycles. The molecule has 6 heteroatoms. The summed E-state index contributed by atoms with van der Waals surface area (Å²) in [6, 6.07) is 13.6. The van der Waals surface area contributed by atoms with Crippen LogP contribution in [0.3, 0.4) is 0 Å². The summed E-state index contributed by atoms with van der Waals surface area (Å²) in [6.45, 7) is 6.00. The predicted molar refractivity (Wildman–Crippen MR) is 103 cm³/mol. The molecule has 0 bridgehead atoms. The van der Waals surface area contributed by atoms with Gasteiger partial charge in [0.25, 0.3) is 5.91 Å². The zero-order chi connectivity index (χ0) is 20.0. The number of carboxylic acid groups (broad SMARTS) is 1. The van der Waals surface area contributed by atoms with Crippen molar-refractivity contribution in [3.8, 4) is 5.75 Å². The van der Waals surface area contributed by atoms with Gasteiger partial charge in [-0.2, -0.15) is 0 Å². The van der Waals surface area contributed by atoms with Crippen molar-refractivity contribution >= 4 is 23.5 Å². The Hall–Kier alpha value is -2.53. The zero-order valence-electron chi connectivity index (χ0n) is 15.6. The number of halogens is 1. The molecule has 0 fully saturated rings. The summed E-state index contributed by atoms with van der Waals surface area (Å²) in [5.41, 5.74) is 1.79. The Morgan fingerprint density at radius 2 is 1.74 bits per heavy atom. The van der Waals surface area contributed by atoms with Crippen molar-refractivity contribution in [2.24, 2.45) is 0 Å². The third-order valence-electron chi connectivity index (χ3n) is 4.08. The number of benzene rings is 2. The number of nitrogens with one attached hydrogen (secondary N) is 1. The summed E-state index contributed by atoms with van der Waals surface area (Å²) >= 11 is 5.99.